The third-order valence-electron chi connectivity index (χ3n) is 3.61. The Morgan fingerprint density at radius 3 is 2.64 bits per heavy atom. The lowest BCUT2D eigenvalue weighted by atomic mass is 10.2. The van der Waals surface area contributed by atoms with Crippen molar-refractivity contribution in [3.63, 3.8) is 0 Å². The van der Waals surface area contributed by atoms with Crippen molar-refractivity contribution in [3.05, 3.63) is 51.5 Å². The normalized spacial score (nSPS) is 14.2. The van der Waals surface area contributed by atoms with Gasteiger partial charge in [-0.05, 0) is 65.8 Å². The Morgan fingerprint density at radius 1 is 1.23 bits per heavy atom. The lowest BCUT2D eigenvalue weighted by molar-refractivity contribution is 0.102. The van der Waals surface area contributed by atoms with Gasteiger partial charge in [0.05, 0.1) is 17.4 Å². The number of aromatic nitrogens is 1. The number of benzene rings is 1. The molecule has 1 saturated heterocycles. The molecular formula is C16H15FIN3O. The lowest BCUT2D eigenvalue weighted by Gasteiger charge is -2.16. The van der Waals surface area contributed by atoms with Gasteiger partial charge in [0, 0.05) is 16.7 Å². The number of hydrogen-bond donors (Lipinski definition) is 1. The fourth-order valence-corrected chi connectivity index (χ4v) is 3.19. The third-order valence-corrected chi connectivity index (χ3v) is 4.50. The van der Waals surface area contributed by atoms with Gasteiger partial charge in [0.1, 0.15) is 11.6 Å². The van der Waals surface area contributed by atoms with Crippen LogP contribution in [-0.2, 0) is 0 Å². The predicted molar refractivity (Wildman–Crippen MR) is 92.8 cm³/mol. The summed E-state index contributed by atoms with van der Waals surface area (Å²) in [5.41, 5.74) is 1.08. The first-order valence-corrected chi connectivity index (χ1v) is 8.19. The van der Waals surface area contributed by atoms with E-state index in [0.29, 0.717) is 14.8 Å². The Hall–Kier alpha value is -1.70. The van der Waals surface area contributed by atoms with Gasteiger partial charge in [0.25, 0.3) is 5.91 Å². The number of hydrogen-bond acceptors (Lipinski definition) is 3. The number of halogens is 2. The summed E-state index contributed by atoms with van der Waals surface area (Å²) < 4.78 is 13.7. The summed E-state index contributed by atoms with van der Waals surface area (Å²) in [6, 6.07) is 7.86. The van der Waals surface area contributed by atoms with E-state index < -0.39 is 0 Å². The van der Waals surface area contributed by atoms with E-state index in [1.807, 2.05) is 34.7 Å². The average Bonchev–Trinajstić information content (AvgIpc) is 3.02. The first-order chi connectivity index (χ1) is 10.6. The molecule has 2 aromatic rings. The molecule has 0 saturated carbocycles. The van der Waals surface area contributed by atoms with Crippen LogP contribution in [0.1, 0.15) is 23.2 Å². The van der Waals surface area contributed by atoms with Crippen LogP contribution in [0.15, 0.2) is 36.5 Å². The van der Waals surface area contributed by atoms with Crippen LogP contribution in [-0.4, -0.2) is 24.0 Å². The molecular weight excluding hydrogens is 396 g/mol. The van der Waals surface area contributed by atoms with Crippen LogP contribution in [0, 0.1) is 9.39 Å². The number of carbonyl (C=O) groups is 1. The molecule has 1 fully saturated rings. The minimum Gasteiger partial charge on any atom is -0.357 e. The number of nitrogens with one attached hydrogen (secondary N) is 1. The molecule has 0 atom stereocenters. The summed E-state index contributed by atoms with van der Waals surface area (Å²) in [6.45, 7) is 2.07. The molecule has 4 nitrogen and oxygen atoms in total. The zero-order valence-corrected chi connectivity index (χ0v) is 14.0. The van der Waals surface area contributed by atoms with Crippen molar-refractivity contribution in [2.45, 2.75) is 12.8 Å². The van der Waals surface area contributed by atoms with Crippen molar-refractivity contribution in [1.82, 2.24) is 4.98 Å². The highest BCUT2D eigenvalue weighted by Crippen LogP contribution is 2.20. The smallest absolute Gasteiger partial charge is 0.256 e. The molecule has 0 unspecified atom stereocenters. The monoisotopic (exact) mass is 411 g/mol. The maximum atomic E-state index is 13.1. The van der Waals surface area contributed by atoms with Gasteiger partial charge in [-0.15, -0.1) is 0 Å². The van der Waals surface area contributed by atoms with Gasteiger partial charge >= 0.3 is 0 Å². The van der Waals surface area contributed by atoms with Crippen LogP contribution >= 0.6 is 22.6 Å². The first kappa shape index (κ1) is 15.2. The van der Waals surface area contributed by atoms with E-state index in [0.717, 1.165) is 18.9 Å². The Kier molecular flexibility index (Phi) is 4.56. The van der Waals surface area contributed by atoms with Crippen LogP contribution in [0.25, 0.3) is 0 Å². The van der Waals surface area contributed by atoms with E-state index in [-0.39, 0.29) is 11.7 Å². The molecule has 1 aromatic carbocycles. The van der Waals surface area contributed by atoms with Gasteiger partial charge in [0.2, 0.25) is 0 Å². The van der Waals surface area contributed by atoms with Crippen molar-refractivity contribution >= 4 is 40.0 Å². The second-order valence-corrected chi connectivity index (χ2v) is 6.34. The largest absolute Gasteiger partial charge is 0.357 e. The SMILES string of the molecule is O=C(Nc1ccc(N2CCCC2)nc1)c1ccc(F)cc1I. The van der Waals surface area contributed by atoms with Crippen LogP contribution in [0.4, 0.5) is 15.9 Å². The van der Waals surface area contributed by atoms with Gasteiger partial charge in [-0.2, -0.15) is 0 Å². The van der Waals surface area contributed by atoms with Gasteiger partial charge in [0.15, 0.2) is 0 Å². The van der Waals surface area contributed by atoms with E-state index in [1.54, 1.807) is 6.20 Å². The van der Waals surface area contributed by atoms with Crippen LogP contribution in [0.5, 0.6) is 0 Å². The van der Waals surface area contributed by atoms with E-state index in [4.69, 9.17) is 0 Å². The molecule has 0 bridgehead atoms. The minimum absolute atomic E-state index is 0.264. The highest BCUT2D eigenvalue weighted by molar-refractivity contribution is 14.1. The molecule has 3 rings (SSSR count). The van der Waals surface area contributed by atoms with Gasteiger partial charge in [-0.1, -0.05) is 0 Å². The Labute approximate surface area is 141 Å². The molecule has 1 N–H and O–H groups in total. The molecule has 2 heterocycles. The highest BCUT2D eigenvalue weighted by atomic mass is 127. The maximum absolute atomic E-state index is 13.1. The summed E-state index contributed by atoms with van der Waals surface area (Å²) in [5, 5.41) is 2.79. The number of nitrogens with zero attached hydrogens (tertiary/aromatic N) is 2. The van der Waals surface area contributed by atoms with Crippen molar-refractivity contribution in [3.8, 4) is 0 Å². The molecule has 114 valence electrons. The number of anilines is 2. The molecule has 1 aliphatic heterocycles. The average molecular weight is 411 g/mol. The Bertz CT molecular complexity index is 684. The highest BCUT2D eigenvalue weighted by Gasteiger charge is 2.14. The molecule has 22 heavy (non-hydrogen) atoms. The predicted octanol–water partition coefficient (Wildman–Crippen LogP) is 3.68. The van der Waals surface area contributed by atoms with Gasteiger partial charge in [-0.25, -0.2) is 9.37 Å². The lowest BCUT2D eigenvalue weighted by Crippen LogP contribution is -2.19. The van der Waals surface area contributed by atoms with E-state index in [9.17, 15) is 9.18 Å². The molecule has 1 aromatic heterocycles. The summed E-state index contributed by atoms with van der Waals surface area (Å²) in [7, 11) is 0. The third kappa shape index (κ3) is 3.37. The Balaban J connectivity index is 1.71. The summed E-state index contributed by atoms with van der Waals surface area (Å²) in [4.78, 5) is 18.8. The quantitative estimate of drug-likeness (QED) is 0.785. The van der Waals surface area contributed by atoms with Gasteiger partial charge < -0.3 is 10.2 Å². The fourth-order valence-electron chi connectivity index (χ4n) is 2.47. The van der Waals surface area contributed by atoms with Crippen molar-refractivity contribution in [1.29, 1.82) is 0 Å². The number of rotatable bonds is 3. The topological polar surface area (TPSA) is 45.2 Å². The standard InChI is InChI=1S/C16H15FIN3O/c17-11-3-5-13(14(18)9-11)16(22)20-12-4-6-15(19-10-12)21-7-1-2-8-21/h3-6,9-10H,1-2,7-8H2,(H,20,22). The zero-order chi connectivity index (χ0) is 15.5. The van der Waals surface area contributed by atoms with Crippen molar-refractivity contribution in [2.75, 3.05) is 23.3 Å². The second-order valence-electron chi connectivity index (χ2n) is 5.18. The first-order valence-electron chi connectivity index (χ1n) is 7.11. The molecule has 0 radical (unpaired) electrons. The second kappa shape index (κ2) is 6.60. The van der Waals surface area contributed by atoms with Crippen molar-refractivity contribution < 1.29 is 9.18 Å². The Morgan fingerprint density at radius 2 is 2.00 bits per heavy atom. The molecule has 0 aliphatic carbocycles. The van der Waals surface area contributed by atoms with Crippen molar-refractivity contribution in [2.24, 2.45) is 0 Å². The maximum Gasteiger partial charge on any atom is 0.256 e. The summed E-state index contributed by atoms with van der Waals surface area (Å²) >= 11 is 1.95. The van der Waals surface area contributed by atoms with Gasteiger partial charge in [-0.3, -0.25) is 4.79 Å². The number of pyridine rings is 1. The number of amides is 1. The zero-order valence-electron chi connectivity index (χ0n) is 11.9. The summed E-state index contributed by atoms with van der Waals surface area (Å²) in [5.74, 6) is 0.324. The molecule has 1 amide bonds. The van der Waals surface area contributed by atoms with E-state index >= 15 is 0 Å². The molecule has 0 spiro atoms. The minimum atomic E-state index is -0.349. The fraction of sp³-hybridized carbons (Fsp3) is 0.250. The van der Waals surface area contributed by atoms with E-state index in [1.165, 1.54) is 31.0 Å². The number of carbonyl (C=O) groups excluding carboxylic acids is 1. The van der Waals surface area contributed by atoms with Crippen LogP contribution < -0.4 is 10.2 Å². The molecule has 6 heteroatoms. The van der Waals surface area contributed by atoms with Crippen LogP contribution in [0.3, 0.4) is 0 Å². The molecule has 1 aliphatic rings. The van der Waals surface area contributed by atoms with Crippen LogP contribution in [0.2, 0.25) is 0 Å². The van der Waals surface area contributed by atoms with E-state index in [2.05, 4.69) is 15.2 Å². The summed E-state index contributed by atoms with van der Waals surface area (Å²) in [6.07, 6.45) is 4.05.